The smallest absolute Gasteiger partial charge is 0.255 e. The molecule has 0 heterocycles. The molecule has 0 saturated carbocycles. The Morgan fingerprint density at radius 3 is 2.40 bits per heavy atom. The Hall–Kier alpha value is -3.03. The molecule has 8 heteroatoms. The molecule has 3 rings (SSSR count). The van der Waals surface area contributed by atoms with Crippen molar-refractivity contribution < 1.29 is 17.9 Å². The minimum absolute atomic E-state index is 0.338. The van der Waals surface area contributed by atoms with Crippen LogP contribution in [0.1, 0.15) is 21.5 Å². The van der Waals surface area contributed by atoms with Crippen LogP contribution in [0.15, 0.2) is 66.7 Å². The SMILES string of the molecule is Cc1ccc(C(=O)Nc2ccc(OCc3ccccc3Cl)cc2)cc1NS(C)(=O)=O. The predicted molar refractivity (Wildman–Crippen MR) is 120 cm³/mol. The number of hydrogen-bond donors (Lipinski definition) is 2. The highest BCUT2D eigenvalue weighted by atomic mass is 35.5. The average Bonchev–Trinajstić information content (AvgIpc) is 2.69. The van der Waals surface area contributed by atoms with Gasteiger partial charge in [0.25, 0.3) is 5.91 Å². The molecule has 0 aromatic heterocycles. The van der Waals surface area contributed by atoms with E-state index < -0.39 is 10.0 Å². The van der Waals surface area contributed by atoms with Gasteiger partial charge in [0.2, 0.25) is 10.0 Å². The first-order chi connectivity index (χ1) is 14.2. The first kappa shape index (κ1) is 21.7. The number of hydrogen-bond acceptors (Lipinski definition) is 4. The third kappa shape index (κ3) is 5.98. The van der Waals surface area contributed by atoms with Crippen LogP contribution in [0.4, 0.5) is 11.4 Å². The zero-order valence-electron chi connectivity index (χ0n) is 16.5. The molecule has 0 aliphatic carbocycles. The van der Waals surface area contributed by atoms with Crippen LogP contribution in [0, 0.1) is 6.92 Å². The maximum Gasteiger partial charge on any atom is 0.255 e. The van der Waals surface area contributed by atoms with Crippen molar-refractivity contribution in [1.29, 1.82) is 0 Å². The number of ether oxygens (including phenoxy) is 1. The Labute approximate surface area is 180 Å². The number of anilines is 2. The second-order valence-corrected chi connectivity index (χ2v) is 8.92. The maximum absolute atomic E-state index is 12.5. The van der Waals surface area contributed by atoms with Gasteiger partial charge in [-0.25, -0.2) is 8.42 Å². The van der Waals surface area contributed by atoms with Crippen molar-refractivity contribution in [2.45, 2.75) is 13.5 Å². The molecule has 0 spiro atoms. The van der Waals surface area contributed by atoms with Crippen molar-refractivity contribution in [2.75, 3.05) is 16.3 Å². The number of sulfonamides is 1. The van der Waals surface area contributed by atoms with Crippen molar-refractivity contribution in [3.05, 3.63) is 88.4 Å². The Morgan fingerprint density at radius 1 is 1.03 bits per heavy atom. The number of nitrogens with one attached hydrogen (secondary N) is 2. The van der Waals surface area contributed by atoms with E-state index in [1.165, 1.54) is 6.07 Å². The Balaban J connectivity index is 1.64. The van der Waals surface area contributed by atoms with Crippen molar-refractivity contribution in [1.82, 2.24) is 0 Å². The third-order valence-electron chi connectivity index (χ3n) is 4.26. The van der Waals surface area contributed by atoms with Crippen molar-refractivity contribution in [3.63, 3.8) is 0 Å². The fourth-order valence-electron chi connectivity index (χ4n) is 2.69. The lowest BCUT2D eigenvalue weighted by Crippen LogP contribution is -2.14. The van der Waals surface area contributed by atoms with E-state index in [1.807, 2.05) is 18.2 Å². The molecule has 6 nitrogen and oxygen atoms in total. The molecular weight excluding hydrogens is 424 g/mol. The number of carbonyl (C=O) groups excluding carboxylic acids is 1. The van der Waals surface area contributed by atoms with Crippen LogP contribution in [-0.4, -0.2) is 20.6 Å². The highest BCUT2D eigenvalue weighted by Crippen LogP contribution is 2.22. The van der Waals surface area contributed by atoms with Crippen LogP contribution in [-0.2, 0) is 16.6 Å². The summed E-state index contributed by atoms with van der Waals surface area (Å²) < 4.78 is 31.1. The second-order valence-electron chi connectivity index (χ2n) is 6.76. The van der Waals surface area contributed by atoms with Gasteiger partial charge in [0.05, 0.1) is 11.9 Å². The molecule has 0 atom stereocenters. The third-order valence-corrected chi connectivity index (χ3v) is 5.22. The van der Waals surface area contributed by atoms with Crippen LogP contribution >= 0.6 is 11.6 Å². The molecule has 0 aliphatic heterocycles. The molecule has 0 saturated heterocycles. The summed E-state index contributed by atoms with van der Waals surface area (Å²) in [5.74, 6) is 0.291. The molecular formula is C22H21ClN2O4S. The largest absolute Gasteiger partial charge is 0.489 e. The molecule has 0 bridgehead atoms. The fourth-order valence-corrected chi connectivity index (χ4v) is 3.50. The first-order valence-electron chi connectivity index (χ1n) is 9.07. The van der Waals surface area contributed by atoms with Crippen LogP contribution in [0.3, 0.4) is 0 Å². The number of rotatable bonds is 7. The summed E-state index contributed by atoms with van der Waals surface area (Å²) in [4.78, 5) is 12.5. The minimum Gasteiger partial charge on any atom is -0.489 e. The maximum atomic E-state index is 12.5. The van der Waals surface area contributed by atoms with E-state index in [4.69, 9.17) is 16.3 Å². The molecule has 0 fully saturated rings. The molecule has 156 valence electrons. The number of benzene rings is 3. The molecule has 30 heavy (non-hydrogen) atoms. The summed E-state index contributed by atoms with van der Waals surface area (Å²) in [7, 11) is -3.44. The highest BCUT2D eigenvalue weighted by molar-refractivity contribution is 7.92. The molecule has 3 aromatic rings. The van der Waals surface area contributed by atoms with E-state index in [-0.39, 0.29) is 5.91 Å². The van der Waals surface area contributed by atoms with Crippen molar-refractivity contribution >= 4 is 38.9 Å². The zero-order valence-corrected chi connectivity index (χ0v) is 18.0. The van der Waals surface area contributed by atoms with Gasteiger partial charge in [0, 0.05) is 21.8 Å². The van der Waals surface area contributed by atoms with Gasteiger partial charge < -0.3 is 10.1 Å². The number of halogens is 1. The van der Waals surface area contributed by atoms with E-state index in [1.54, 1.807) is 49.4 Å². The molecule has 0 unspecified atom stereocenters. The summed E-state index contributed by atoms with van der Waals surface area (Å²) >= 11 is 6.12. The van der Waals surface area contributed by atoms with Gasteiger partial charge >= 0.3 is 0 Å². The van der Waals surface area contributed by atoms with Gasteiger partial charge in [-0.05, 0) is 55.0 Å². The van der Waals surface area contributed by atoms with E-state index in [0.717, 1.165) is 17.4 Å². The van der Waals surface area contributed by atoms with E-state index >= 15 is 0 Å². The quantitative estimate of drug-likeness (QED) is 0.545. The second kappa shape index (κ2) is 9.19. The Morgan fingerprint density at radius 2 is 1.73 bits per heavy atom. The molecule has 0 radical (unpaired) electrons. The van der Waals surface area contributed by atoms with Crippen molar-refractivity contribution in [3.8, 4) is 5.75 Å². The lowest BCUT2D eigenvalue weighted by molar-refractivity contribution is 0.102. The van der Waals surface area contributed by atoms with Crippen LogP contribution in [0.5, 0.6) is 5.75 Å². The number of amides is 1. The van der Waals surface area contributed by atoms with Crippen molar-refractivity contribution in [2.24, 2.45) is 0 Å². The van der Waals surface area contributed by atoms with Gasteiger partial charge in [-0.15, -0.1) is 0 Å². The monoisotopic (exact) mass is 444 g/mol. The summed E-state index contributed by atoms with van der Waals surface area (Å²) in [6.07, 6.45) is 1.06. The zero-order chi connectivity index (χ0) is 21.7. The topological polar surface area (TPSA) is 84.5 Å². The lowest BCUT2D eigenvalue weighted by Gasteiger charge is -2.11. The molecule has 2 N–H and O–H groups in total. The van der Waals surface area contributed by atoms with Crippen LogP contribution in [0.2, 0.25) is 5.02 Å². The molecule has 1 amide bonds. The molecule has 0 aliphatic rings. The summed E-state index contributed by atoms with van der Waals surface area (Å²) in [5.41, 5.74) is 2.90. The van der Waals surface area contributed by atoms with E-state index in [2.05, 4.69) is 10.0 Å². The standard InChI is InChI=1S/C22H21ClN2O4S/c1-15-7-8-16(13-21(15)25-30(2,27)28)22(26)24-18-9-11-19(12-10-18)29-14-17-5-3-4-6-20(17)23/h3-13,25H,14H2,1-2H3,(H,24,26). The van der Waals surface area contributed by atoms with E-state index in [9.17, 15) is 13.2 Å². The summed E-state index contributed by atoms with van der Waals surface area (Å²) in [6.45, 7) is 2.10. The fraction of sp³-hybridized carbons (Fsp3) is 0.136. The number of carbonyl (C=O) groups is 1. The van der Waals surface area contributed by atoms with E-state index in [0.29, 0.717) is 34.3 Å². The van der Waals surface area contributed by atoms with Crippen LogP contribution < -0.4 is 14.8 Å². The van der Waals surface area contributed by atoms with Gasteiger partial charge in [0.15, 0.2) is 0 Å². The van der Waals surface area contributed by atoms with Gasteiger partial charge in [-0.1, -0.05) is 35.9 Å². The normalized spacial score (nSPS) is 11.0. The van der Waals surface area contributed by atoms with Crippen LogP contribution in [0.25, 0.3) is 0 Å². The Bertz CT molecular complexity index is 1160. The first-order valence-corrected chi connectivity index (χ1v) is 11.3. The average molecular weight is 445 g/mol. The van der Waals surface area contributed by atoms with Gasteiger partial charge in [-0.2, -0.15) is 0 Å². The lowest BCUT2D eigenvalue weighted by atomic mass is 10.1. The predicted octanol–water partition coefficient (Wildman–Crippen LogP) is 4.85. The number of aryl methyl sites for hydroxylation is 1. The Kier molecular flexibility index (Phi) is 6.64. The van der Waals surface area contributed by atoms with Gasteiger partial charge in [0.1, 0.15) is 12.4 Å². The minimum atomic E-state index is -3.44. The highest BCUT2D eigenvalue weighted by Gasteiger charge is 2.11. The molecule has 3 aromatic carbocycles. The summed E-state index contributed by atoms with van der Waals surface area (Å²) in [6, 6.07) is 19.2. The summed E-state index contributed by atoms with van der Waals surface area (Å²) in [5, 5.41) is 3.43. The van der Waals surface area contributed by atoms with Gasteiger partial charge in [-0.3, -0.25) is 9.52 Å².